The van der Waals surface area contributed by atoms with Gasteiger partial charge >= 0.3 is 0 Å². The predicted molar refractivity (Wildman–Crippen MR) is 109 cm³/mol. The van der Waals surface area contributed by atoms with E-state index in [4.69, 9.17) is 0 Å². The Morgan fingerprint density at radius 3 is 2.75 bits per heavy atom. The van der Waals surface area contributed by atoms with Gasteiger partial charge in [-0.25, -0.2) is 0 Å². The highest BCUT2D eigenvalue weighted by molar-refractivity contribution is 6.04. The quantitative estimate of drug-likeness (QED) is 0.509. The smallest absolute Gasteiger partial charge is 0.272 e. The molecule has 7 nitrogen and oxygen atoms in total. The fraction of sp³-hybridized carbons (Fsp3) is 0.250. The molecule has 4 N–H and O–H groups in total. The number of nitrogens with zero attached hydrogens (tertiary/aromatic N) is 1. The molecule has 1 aliphatic rings. The van der Waals surface area contributed by atoms with Crippen molar-refractivity contribution in [3.63, 3.8) is 0 Å². The van der Waals surface area contributed by atoms with Gasteiger partial charge in [0, 0.05) is 38.0 Å². The maximum atomic E-state index is 12.3. The molecule has 0 aliphatic carbocycles. The van der Waals surface area contributed by atoms with Gasteiger partial charge in [-0.15, -0.1) is 12.4 Å². The van der Waals surface area contributed by atoms with Gasteiger partial charge in [-0.3, -0.25) is 14.7 Å². The SMILES string of the molecule is Cl.O=C(CCNC(=O)c1n[nH]c2ccccc12)NCc1ccc2c(c1)CNC2. The number of hydrogen-bond acceptors (Lipinski definition) is 4. The Kier molecular flexibility index (Phi) is 6.28. The topological polar surface area (TPSA) is 98.9 Å². The van der Waals surface area contributed by atoms with E-state index in [1.807, 2.05) is 30.3 Å². The highest BCUT2D eigenvalue weighted by Gasteiger charge is 2.14. The number of carbonyl (C=O) groups excluding carboxylic acids is 2. The first-order chi connectivity index (χ1) is 13.2. The summed E-state index contributed by atoms with van der Waals surface area (Å²) >= 11 is 0. The summed E-state index contributed by atoms with van der Waals surface area (Å²) in [6, 6.07) is 13.7. The Morgan fingerprint density at radius 1 is 1.04 bits per heavy atom. The molecule has 4 rings (SSSR count). The van der Waals surface area contributed by atoms with Gasteiger partial charge in [-0.2, -0.15) is 5.10 Å². The fourth-order valence-corrected chi connectivity index (χ4v) is 3.26. The van der Waals surface area contributed by atoms with Gasteiger partial charge in [-0.1, -0.05) is 36.4 Å². The van der Waals surface area contributed by atoms with Crippen molar-refractivity contribution in [3.05, 3.63) is 64.8 Å². The van der Waals surface area contributed by atoms with Crippen LogP contribution in [0.4, 0.5) is 0 Å². The van der Waals surface area contributed by atoms with Gasteiger partial charge in [0.25, 0.3) is 5.91 Å². The Bertz CT molecular complexity index is 1000. The molecule has 2 aromatic carbocycles. The summed E-state index contributed by atoms with van der Waals surface area (Å²) in [7, 11) is 0. The van der Waals surface area contributed by atoms with Crippen LogP contribution in [0.15, 0.2) is 42.5 Å². The Balaban J connectivity index is 0.00000225. The minimum atomic E-state index is -0.286. The molecule has 0 radical (unpaired) electrons. The van der Waals surface area contributed by atoms with Crippen molar-refractivity contribution in [2.45, 2.75) is 26.1 Å². The summed E-state index contributed by atoms with van der Waals surface area (Å²) in [5.41, 5.74) is 4.85. The number of halogens is 1. The number of benzene rings is 2. The maximum Gasteiger partial charge on any atom is 0.272 e. The third-order valence-electron chi connectivity index (χ3n) is 4.71. The van der Waals surface area contributed by atoms with Gasteiger partial charge in [0.2, 0.25) is 5.91 Å². The molecular formula is C20H22ClN5O2. The molecule has 8 heteroatoms. The minimum absolute atomic E-state index is 0. The summed E-state index contributed by atoms with van der Waals surface area (Å²) in [4.78, 5) is 24.3. The second-order valence-electron chi connectivity index (χ2n) is 6.61. The van der Waals surface area contributed by atoms with Crippen molar-refractivity contribution in [2.75, 3.05) is 6.54 Å². The average molecular weight is 400 g/mol. The van der Waals surface area contributed by atoms with Crippen molar-refractivity contribution < 1.29 is 9.59 Å². The number of carbonyl (C=O) groups is 2. The lowest BCUT2D eigenvalue weighted by Crippen LogP contribution is -2.30. The lowest BCUT2D eigenvalue weighted by Gasteiger charge is -2.08. The number of nitrogens with one attached hydrogen (secondary N) is 4. The lowest BCUT2D eigenvalue weighted by atomic mass is 10.1. The molecule has 3 aromatic rings. The second kappa shape index (κ2) is 8.86. The number of aromatic amines is 1. The molecule has 0 fully saturated rings. The molecule has 28 heavy (non-hydrogen) atoms. The van der Waals surface area contributed by atoms with Crippen molar-refractivity contribution in [1.29, 1.82) is 0 Å². The molecule has 0 saturated heterocycles. The van der Waals surface area contributed by atoms with Gasteiger partial charge in [0.05, 0.1) is 5.52 Å². The first-order valence-electron chi connectivity index (χ1n) is 9.00. The predicted octanol–water partition coefficient (Wildman–Crippen LogP) is 2.02. The normalized spacial score (nSPS) is 12.3. The van der Waals surface area contributed by atoms with Crippen LogP contribution in [0, 0.1) is 0 Å². The molecule has 0 bridgehead atoms. The summed E-state index contributed by atoms with van der Waals surface area (Å²) in [5, 5.41) is 16.6. The van der Waals surface area contributed by atoms with E-state index < -0.39 is 0 Å². The van der Waals surface area contributed by atoms with Gasteiger partial charge < -0.3 is 16.0 Å². The fourth-order valence-electron chi connectivity index (χ4n) is 3.26. The molecule has 0 spiro atoms. The molecule has 0 saturated carbocycles. The number of amides is 2. The largest absolute Gasteiger partial charge is 0.352 e. The summed E-state index contributed by atoms with van der Waals surface area (Å²) in [6.07, 6.45) is 0.223. The zero-order chi connectivity index (χ0) is 18.6. The lowest BCUT2D eigenvalue weighted by molar-refractivity contribution is -0.121. The molecule has 0 atom stereocenters. The highest BCUT2D eigenvalue weighted by Crippen LogP contribution is 2.17. The number of rotatable bonds is 6. The van der Waals surface area contributed by atoms with Crippen molar-refractivity contribution in [1.82, 2.24) is 26.1 Å². The zero-order valence-corrected chi connectivity index (χ0v) is 16.1. The minimum Gasteiger partial charge on any atom is -0.352 e. The highest BCUT2D eigenvalue weighted by atomic mass is 35.5. The van der Waals surface area contributed by atoms with Crippen LogP contribution < -0.4 is 16.0 Å². The van der Waals surface area contributed by atoms with E-state index in [-0.39, 0.29) is 37.2 Å². The number of aromatic nitrogens is 2. The summed E-state index contributed by atoms with van der Waals surface area (Å²) in [5.74, 6) is -0.382. The van der Waals surface area contributed by atoms with Crippen LogP contribution >= 0.6 is 12.4 Å². The van der Waals surface area contributed by atoms with E-state index in [1.54, 1.807) is 0 Å². The van der Waals surface area contributed by atoms with E-state index in [1.165, 1.54) is 11.1 Å². The van der Waals surface area contributed by atoms with E-state index in [0.717, 1.165) is 29.6 Å². The molecule has 146 valence electrons. The van der Waals surface area contributed by atoms with Gasteiger partial charge in [0.1, 0.15) is 0 Å². The van der Waals surface area contributed by atoms with Crippen LogP contribution in [0.3, 0.4) is 0 Å². The average Bonchev–Trinajstić information content (AvgIpc) is 3.32. The molecule has 2 amide bonds. The Hall–Kier alpha value is -2.90. The Morgan fingerprint density at radius 2 is 1.86 bits per heavy atom. The van der Waals surface area contributed by atoms with Crippen LogP contribution in [-0.4, -0.2) is 28.6 Å². The number of fused-ring (bicyclic) bond motifs is 2. The third kappa shape index (κ3) is 4.32. The van der Waals surface area contributed by atoms with E-state index >= 15 is 0 Å². The van der Waals surface area contributed by atoms with Gasteiger partial charge in [0.15, 0.2) is 5.69 Å². The second-order valence-corrected chi connectivity index (χ2v) is 6.61. The van der Waals surface area contributed by atoms with Crippen LogP contribution in [0.25, 0.3) is 10.9 Å². The number of para-hydroxylation sites is 1. The summed E-state index contributed by atoms with van der Waals surface area (Å²) < 4.78 is 0. The third-order valence-corrected chi connectivity index (χ3v) is 4.71. The van der Waals surface area contributed by atoms with Crippen molar-refractivity contribution in [3.8, 4) is 0 Å². The van der Waals surface area contributed by atoms with Crippen molar-refractivity contribution >= 4 is 35.1 Å². The number of hydrogen-bond donors (Lipinski definition) is 4. The zero-order valence-electron chi connectivity index (χ0n) is 15.2. The standard InChI is InChI=1S/C20H21N5O2.ClH/c26-18(23-10-13-5-6-14-11-21-12-15(14)9-13)7-8-22-20(27)19-16-3-1-2-4-17(16)24-25-19;/h1-6,9,21H,7-8,10-12H2,(H,22,27)(H,23,26)(H,24,25);1H. The van der Waals surface area contributed by atoms with Crippen LogP contribution in [0.2, 0.25) is 0 Å². The maximum absolute atomic E-state index is 12.3. The molecule has 1 aromatic heterocycles. The van der Waals surface area contributed by atoms with Crippen LogP contribution in [-0.2, 0) is 24.4 Å². The molecular weight excluding hydrogens is 378 g/mol. The monoisotopic (exact) mass is 399 g/mol. The molecule has 2 heterocycles. The molecule has 0 unspecified atom stereocenters. The van der Waals surface area contributed by atoms with E-state index in [9.17, 15) is 9.59 Å². The first kappa shape index (κ1) is 19.9. The summed E-state index contributed by atoms with van der Waals surface area (Å²) in [6.45, 7) is 2.54. The van der Waals surface area contributed by atoms with Crippen LogP contribution in [0.5, 0.6) is 0 Å². The Labute approximate surface area is 168 Å². The van der Waals surface area contributed by atoms with E-state index in [2.05, 4.69) is 38.3 Å². The van der Waals surface area contributed by atoms with E-state index in [0.29, 0.717) is 12.2 Å². The molecule has 1 aliphatic heterocycles. The van der Waals surface area contributed by atoms with Crippen molar-refractivity contribution in [2.24, 2.45) is 0 Å². The number of H-pyrrole nitrogens is 1. The first-order valence-corrected chi connectivity index (χ1v) is 9.00. The van der Waals surface area contributed by atoms with Gasteiger partial charge in [-0.05, 0) is 22.8 Å². The van der Waals surface area contributed by atoms with Crippen LogP contribution in [0.1, 0.15) is 33.6 Å².